The molecule has 1 aromatic rings. The summed E-state index contributed by atoms with van der Waals surface area (Å²) >= 11 is 5.16. The Labute approximate surface area is 91.5 Å². The third-order valence-electron chi connectivity index (χ3n) is 1.54. The molecule has 0 amide bonds. The van der Waals surface area contributed by atoms with E-state index in [4.69, 9.17) is 5.73 Å². The quantitative estimate of drug-likeness (QED) is 0.663. The minimum absolute atomic E-state index is 0.0731. The number of nitrogens with two attached hydrogens (primary N) is 1. The van der Waals surface area contributed by atoms with Crippen LogP contribution < -0.4 is 5.73 Å². The summed E-state index contributed by atoms with van der Waals surface area (Å²) in [5.41, 5.74) is 5.71. The van der Waals surface area contributed by atoms with Crippen molar-refractivity contribution in [3.8, 4) is 0 Å². The molecule has 0 aliphatic carbocycles. The molecule has 0 aromatic heterocycles. The van der Waals surface area contributed by atoms with E-state index in [0.29, 0.717) is 0 Å². The molecule has 0 fully saturated rings. The van der Waals surface area contributed by atoms with E-state index >= 15 is 0 Å². The summed E-state index contributed by atoms with van der Waals surface area (Å²) in [4.78, 5) is 1.23. The van der Waals surface area contributed by atoms with Gasteiger partial charge in [-0.1, -0.05) is 28.1 Å². The van der Waals surface area contributed by atoms with Crippen molar-refractivity contribution >= 4 is 27.7 Å². The van der Waals surface area contributed by atoms with Crippen LogP contribution in [0.15, 0.2) is 46.3 Å². The summed E-state index contributed by atoms with van der Waals surface area (Å²) in [6.45, 7) is 3.64. The van der Waals surface area contributed by atoms with Gasteiger partial charge in [0, 0.05) is 21.2 Å². The van der Waals surface area contributed by atoms with Crippen molar-refractivity contribution < 1.29 is 0 Å². The standard InChI is InChI=1S/C10H12BrNS/c1-2-9(12)7-13-10-5-3-4-8(11)6-10/h2-6,9H,1,7,12H2. The van der Waals surface area contributed by atoms with E-state index in [9.17, 15) is 0 Å². The van der Waals surface area contributed by atoms with Crippen molar-refractivity contribution in [2.45, 2.75) is 10.9 Å². The van der Waals surface area contributed by atoms with Gasteiger partial charge in [-0.2, -0.15) is 0 Å². The van der Waals surface area contributed by atoms with Crippen LogP contribution >= 0.6 is 27.7 Å². The lowest BCUT2D eigenvalue weighted by Gasteiger charge is -2.05. The average Bonchev–Trinajstić information content (AvgIpc) is 2.14. The molecule has 70 valence electrons. The number of rotatable bonds is 4. The van der Waals surface area contributed by atoms with E-state index in [2.05, 4.69) is 34.6 Å². The van der Waals surface area contributed by atoms with Gasteiger partial charge in [-0.05, 0) is 18.2 Å². The summed E-state index contributed by atoms with van der Waals surface area (Å²) in [7, 11) is 0. The van der Waals surface area contributed by atoms with Crippen LogP contribution in [-0.2, 0) is 0 Å². The molecule has 1 nitrogen and oxygen atoms in total. The van der Waals surface area contributed by atoms with Gasteiger partial charge in [0.1, 0.15) is 0 Å². The van der Waals surface area contributed by atoms with Gasteiger partial charge >= 0.3 is 0 Å². The van der Waals surface area contributed by atoms with E-state index in [1.54, 1.807) is 17.8 Å². The van der Waals surface area contributed by atoms with Crippen LogP contribution in [0.3, 0.4) is 0 Å². The highest BCUT2D eigenvalue weighted by molar-refractivity contribution is 9.10. The zero-order chi connectivity index (χ0) is 9.68. The van der Waals surface area contributed by atoms with E-state index in [-0.39, 0.29) is 6.04 Å². The summed E-state index contributed by atoms with van der Waals surface area (Å²) in [5.74, 6) is 0.875. The smallest absolute Gasteiger partial charge is 0.0316 e. The van der Waals surface area contributed by atoms with E-state index < -0.39 is 0 Å². The molecular weight excluding hydrogens is 246 g/mol. The zero-order valence-corrected chi connectivity index (χ0v) is 9.64. The predicted octanol–water partition coefficient (Wildman–Crippen LogP) is 3.05. The van der Waals surface area contributed by atoms with E-state index in [1.807, 2.05) is 12.1 Å². The first-order valence-corrected chi connectivity index (χ1v) is 5.76. The maximum absolute atomic E-state index is 5.71. The van der Waals surface area contributed by atoms with Crippen LogP contribution in [-0.4, -0.2) is 11.8 Å². The average molecular weight is 258 g/mol. The maximum atomic E-state index is 5.71. The zero-order valence-electron chi connectivity index (χ0n) is 7.24. The van der Waals surface area contributed by atoms with E-state index in [1.165, 1.54) is 4.90 Å². The number of halogens is 1. The number of hydrogen-bond acceptors (Lipinski definition) is 2. The van der Waals surface area contributed by atoms with Crippen LogP contribution in [0, 0.1) is 0 Å². The van der Waals surface area contributed by atoms with Crippen LogP contribution in [0.1, 0.15) is 0 Å². The Balaban J connectivity index is 2.49. The molecule has 0 aliphatic heterocycles. The second kappa shape index (κ2) is 5.47. The Morgan fingerprint density at radius 3 is 3.00 bits per heavy atom. The first kappa shape index (κ1) is 10.8. The summed E-state index contributed by atoms with van der Waals surface area (Å²) < 4.78 is 1.10. The minimum Gasteiger partial charge on any atom is -0.324 e. The highest BCUT2D eigenvalue weighted by Gasteiger charge is 1.98. The van der Waals surface area contributed by atoms with Crippen molar-refractivity contribution in [2.24, 2.45) is 5.73 Å². The largest absolute Gasteiger partial charge is 0.324 e. The van der Waals surface area contributed by atoms with Crippen LogP contribution in [0.4, 0.5) is 0 Å². The molecule has 0 radical (unpaired) electrons. The van der Waals surface area contributed by atoms with Gasteiger partial charge < -0.3 is 5.73 Å². The van der Waals surface area contributed by atoms with Gasteiger partial charge in [-0.25, -0.2) is 0 Å². The van der Waals surface area contributed by atoms with Crippen LogP contribution in [0.2, 0.25) is 0 Å². The Kier molecular flexibility index (Phi) is 4.56. The molecule has 13 heavy (non-hydrogen) atoms. The van der Waals surface area contributed by atoms with E-state index in [0.717, 1.165) is 10.2 Å². The van der Waals surface area contributed by atoms with Crippen molar-refractivity contribution in [1.82, 2.24) is 0 Å². The fraction of sp³-hybridized carbons (Fsp3) is 0.200. The molecule has 0 bridgehead atoms. The summed E-state index contributed by atoms with van der Waals surface area (Å²) in [6.07, 6.45) is 1.77. The maximum Gasteiger partial charge on any atom is 0.0316 e. The third kappa shape index (κ3) is 3.98. The lowest BCUT2D eigenvalue weighted by atomic mass is 10.4. The Morgan fingerprint density at radius 2 is 2.38 bits per heavy atom. The van der Waals surface area contributed by atoms with Crippen molar-refractivity contribution in [1.29, 1.82) is 0 Å². The summed E-state index contributed by atoms with van der Waals surface area (Å²) in [5, 5.41) is 0. The van der Waals surface area contributed by atoms with Crippen molar-refractivity contribution in [3.63, 3.8) is 0 Å². The lowest BCUT2D eigenvalue weighted by molar-refractivity contribution is 0.943. The fourth-order valence-corrected chi connectivity index (χ4v) is 2.27. The van der Waals surface area contributed by atoms with Crippen LogP contribution in [0.25, 0.3) is 0 Å². The van der Waals surface area contributed by atoms with Gasteiger partial charge in [-0.3, -0.25) is 0 Å². The van der Waals surface area contributed by atoms with Gasteiger partial charge in [0.05, 0.1) is 0 Å². The Bertz CT molecular complexity index is 288. The Hall–Kier alpha value is -0.250. The first-order valence-electron chi connectivity index (χ1n) is 3.99. The third-order valence-corrected chi connectivity index (χ3v) is 3.17. The molecule has 0 spiro atoms. The molecule has 3 heteroatoms. The highest BCUT2D eigenvalue weighted by atomic mass is 79.9. The molecule has 1 aromatic carbocycles. The number of hydrogen-bond donors (Lipinski definition) is 1. The second-order valence-electron chi connectivity index (χ2n) is 2.67. The second-order valence-corrected chi connectivity index (χ2v) is 4.68. The lowest BCUT2D eigenvalue weighted by Crippen LogP contribution is -2.18. The monoisotopic (exact) mass is 257 g/mol. The molecule has 1 rings (SSSR count). The molecule has 2 N–H and O–H groups in total. The van der Waals surface area contributed by atoms with Gasteiger partial charge in [0.2, 0.25) is 0 Å². The number of thioether (sulfide) groups is 1. The molecule has 0 saturated heterocycles. The Morgan fingerprint density at radius 1 is 1.62 bits per heavy atom. The highest BCUT2D eigenvalue weighted by Crippen LogP contribution is 2.22. The van der Waals surface area contributed by atoms with Crippen LogP contribution in [0.5, 0.6) is 0 Å². The molecular formula is C10H12BrNS. The first-order chi connectivity index (χ1) is 6.22. The van der Waals surface area contributed by atoms with Gasteiger partial charge in [-0.15, -0.1) is 18.3 Å². The van der Waals surface area contributed by atoms with Crippen molar-refractivity contribution in [3.05, 3.63) is 41.4 Å². The molecule has 1 atom stereocenters. The molecule has 1 unspecified atom stereocenters. The fourth-order valence-electron chi connectivity index (χ4n) is 0.817. The van der Waals surface area contributed by atoms with Gasteiger partial charge in [0.15, 0.2) is 0 Å². The number of benzene rings is 1. The predicted molar refractivity (Wildman–Crippen MR) is 63.0 cm³/mol. The summed E-state index contributed by atoms with van der Waals surface area (Å²) in [6, 6.07) is 8.26. The molecule has 0 aliphatic rings. The normalized spacial score (nSPS) is 12.5. The molecule has 0 saturated carbocycles. The van der Waals surface area contributed by atoms with Gasteiger partial charge in [0.25, 0.3) is 0 Å². The SMILES string of the molecule is C=CC(N)CSc1cccc(Br)c1. The topological polar surface area (TPSA) is 26.0 Å². The molecule has 0 heterocycles. The van der Waals surface area contributed by atoms with Crippen molar-refractivity contribution in [2.75, 3.05) is 5.75 Å². The minimum atomic E-state index is 0.0731.